The fourth-order valence-corrected chi connectivity index (χ4v) is 6.09. The first-order valence-corrected chi connectivity index (χ1v) is 14.2. The Balaban J connectivity index is 1.43. The number of carbonyl (C=O) groups excluding carboxylic acids is 3. The second-order valence-electron chi connectivity index (χ2n) is 9.90. The van der Waals surface area contributed by atoms with Gasteiger partial charge in [-0.1, -0.05) is 71.9 Å². The number of piperidine rings is 1. The molecule has 3 aromatic carbocycles. The molecule has 0 unspecified atom stereocenters. The molecule has 2 aliphatic heterocycles. The van der Waals surface area contributed by atoms with E-state index in [1.807, 2.05) is 79.7 Å². The van der Waals surface area contributed by atoms with Crippen molar-refractivity contribution in [1.29, 1.82) is 0 Å². The molecule has 0 spiro atoms. The van der Waals surface area contributed by atoms with E-state index >= 15 is 0 Å². The number of hydrogen-bond donors (Lipinski definition) is 0. The van der Waals surface area contributed by atoms with Crippen LogP contribution in [-0.4, -0.2) is 42.4 Å². The van der Waals surface area contributed by atoms with E-state index in [0.29, 0.717) is 49.6 Å². The zero-order valence-electron chi connectivity index (χ0n) is 22.3. The summed E-state index contributed by atoms with van der Waals surface area (Å²) in [5.74, 6) is -0.511. The highest BCUT2D eigenvalue weighted by atomic mass is 32.2. The normalized spacial score (nSPS) is 16.8. The summed E-state index contributed by atoms with van der Waals surface area (Å²) in [5.41, 5.74) is 4.40. The van der Waals surface area contributed by atoms with E-state index in [1.54, 1.807) is 16.7 Å². The van der Waals surface area contributed by atoms with Crippen LogP contribution in [-0.2, 0) is 20.9 Å². The van der Waals surface area contributed by atoms with E-state index in [2.05, 4.69) is 6.07 Å². The van der Waals surface area contributed by atoms with Crippen molar-refractivity contribution in [2.75, 3.05) is 24.6 Å². The Hall–Kier alpha value is -3.84. The fourth-order valence-electron chi connectivity index (χ4n) is 5.06. The topological polar surface area (TPSA) is 66.9 Å². The first kappa shape index (κ1) is 26.8. The summed E-state index contributed by atoms with van der Waals surface area (Å²) < 4.78 is 5.16. The number of likely N-dealkylation sites (tertiary alicyclic amines) is 1. The molecule has 2 heterocycles. The van der Waals surface area contributed by atoms with Gasteiger partial charge in [-0.2, -0.15) is 0 Å². The monoisotopic (exact) mass is 540 g/mol. The van der Waals surface area contributed by atoms with E-state index < -0.39 is 0 Å². The van der Waals surface area contributed by atoms with Crippen molar-refractivity contribution < 1.29 is 19.1 Å². The van der Waals surface area contributed by atoms with E-state index in [9.17, 15) is 14.4 Å². The number of ether oxygens (including phenoxy) is 1. The maximum Gasteiger partial charge on any atom is 0.309 e. The fraction of sp³-hybridized carbons (Fsp3) is 0.281. The molecule has 5 rings (SSSR count). The summed E-state index contributed by atoms with van der Waals surface area (Å²) >= 11 is 1.44. The van der Waals surface area contributed by atoms with Crippen molar-refractivity contribution in [2.45, 2.75) is 38.1 Å². The molecule has 0 bridgehead atoms. The van der Waals surface area contributed by atoms with Crippen LogP contribution >= 0.6 is 11.8 Å². The summed E-state index contributed by atoms with van der Waals surface area (Å²) in [7, 11) is 0. The number of thioether (sulfide) groups is 1. The largest absolute Gasteiger partial charge is 0.466 e. The first-order valence-electron chi connectivity index (χ1n) is 13.3. The lowest BCUT2D eigenvalue weighted by Gasteiger charge is -2.33. The lowest BCUT2D eigenvalue weighted by atomic mass is 9.96. The van der Waals surface area contributed by atoms with Crippen molar-refractivity contribution >= 4 is 41.3 Å². The number of nitrogens with zero attached hydrogens (tertiary/aromatic N) is 2. The van der Waals surface area contributed by atoms with Gasteiger partial charge in [0.2, 0.25) is 0 Å². The minimum absolute atomic E-state index is 0.0845. The number of benzene rings is 3. The van der Waals surface area contributed by atoms with Crippen LogP contribution in [0.4, 0.5) is 5.69 Å². The van der Waals surface area contributed by atoms with Crippen molar-refractivity contribution in [2.24, 2.45) is 5.92 Å². The smallest absolute Gasteiger partial charge is 0.309 e. The van der Waals surface area contributed by atoms with Crippen LogP contribution in [0.2, 0.25) is 0 Å². The van der Waals surface area contributed by atoms with Gasteiger partial charge in [-0.25, -0.2) is 0 Å². The molecule has 3 aromatic rings. The molecule has 1 saturated heterocycles. The van der Waals surface area contributed by atoms with Crippen LogP contribution in [0.15, 0.2) is 82.6 Å². The molecule has 0 aromatic heterocycles. The standard InChI is InChI=1S/C32H32N2O4S/c1-3-38-32(37)25-14-16-33(17-15-25)30(35)26-12-13-28-27(20-26)34(21-24-11-7-8-22(2)18-24)31(36)29(39-28)19-23-9-5-4-6-10-23/h4-13,18-20,25H,3,14-17,21H2,1-2H3/b29-19+. The molecule has 0 atom stereocenters. The van der Waals surface area contributed by atoms with E-state index in [1.165, 1.54) is 11.8 Å². The van der Waals surface area contributed by atoms with Gasteiger partial charge in [0.25, 0.3) is 11.8 Å². The zero-order valence-corrected chi connectivity index (χ0v) is 23.1. The van der Waals surface area contributed by atoms with Crippen LogP contribution < -0.4 is 4.90 Å². The maximum absolute atomic E-state index is 13.8. The van der Waals surface area contributed by atoms with Crippen LogP contribution in [0, 0.1) is 12.8 Å². The molecule has 200 valence electrons. The molecule has 0 aliphatic carbocycles. The molecule has 0 radical (unpaired) electrons. The zero-order chi connectivity index (χ0) is 27.4. The van der Waals surface area contributed by atoms with E-state index in [0.717, 1.165) is 27.3 Å². The maximum atomic E-state index is 13.8. The first-order chi connectivity index (χ1) is 18.9. The third-order valence-corrected chi connectivity index (χ3v) is 8.17. The Morgan fingerprint density at radius 3 is 2.49 bits per heavy atom. The molecule has 0 saturated carbocycles. The highest BCUT2D eigenvalue weighted by molar-refractivity contribution is 8.04. The second kappa shape index (κ2) is 11.9. The Morgan fingerprint density at radius 2 is 1.77 bits per heavy atom. The van der Waals surface area contributed by atoms with E-state index in [4.69, 9.17) is 4.74 Å². The van der Waals surface area contributed by atoms with Gasteiger partial charge >= 0.3 is 5.97 Å². The van der Waals surface area contributed by atoms with Gasteiger partial charge in [-0.3, -0.25) is 14.4 Å². The predicted octanol–water partition coefficient (Wildman–Crippen LogP) is 6.09. The third kappa shape index (κ3) is 6.09. The summed E-state index contributed by atoms with van der Waals surface area (Å²) in [6, 6.07) is 23.6. The highest BCUT2D eigenvalue weighted by Gasteiger charge is 2.32. The summed E-state index contributed by atoms with van der Waals surface area (Å²) in [6.45, 7) is 5.62. The van der Waals surface area contributed by atoms with E-state index in [-0.39, 0.29) is 23.7 Å². The average Bonchev–Trinajstić information content (AvgIpc) is 2.95. The van der Waals surface area contributed by atoms with Crippen molar-refractivity contribution in [1.82, 2.24) is 4.90 Å². The Kier molecular flexibility index (Phi) is 8.17. The average molecular weight is 541 g/mol. The minimum Gasteiger partial charge on any atom is -0.466 e. The van der Waals surface area contributed by atoms with Crippen LogP contribution in [0.25, 0.3) is 6.08 Å². The molecule has 0 N–H and O–H groups in total. The van der Waals surface area contributed by atoms with Gasteiger partial charge in [0.15, 0.2) is 0 Å². The van der Waals surface area contributed by atoms with Gasteiger partial charge in [0.1, 0.15) is 0 Å². The second-order valence-corrected chi connectivity index (χ2v) is 11.0. The summed E-state index contributed by atoms with van der Waals surface area (Å²) in [5, 5.41) is 0. The van der Waals surface area contributed by atoms with Gasteiger partial charge in [-0.15, -0.1) is 0 Å². The lowest BCUT2D eigenvalue weighted by molar-refractivity contribution is -0.149. The van der Waals surface area contributed by atoms with Crippen LogP contribution in [0.3, 0.4) is 0 Å². The number of rotatable bonds is 6. The van der Waals surface area contributed by atoms with Gasteiger partial charge in [0, 0.05) is 23.5 Å². The Labute approximate surface area is 233 Å². The van der Waals surface area contributed by atoms with Crippen LogP contribution in [0.1, 0.15) is 46.8 Å². The predicted molar refractivity (Wildman–Crippen MR) is 154 cm³/mol. The Bertz CT molecular complexity index is 1410. The van der Waals surface area contributed by atoms with Crippen molar-refractivity contribution in [3.63, 3.8) is 0 Å². The SMILES string of the molecule is CCOC(=O)C1CCN(C(=O)c2ccc3c(c2)N(Cc2cccc(C)c2)C(=O)/C(=C\c2ccccc2)S3)CC1. The van der Waals surface area contributed by atoms with Gasteiger partial charge in [-0.05, 0) is 62.1 Å². The quantitative estimate of drug-likeness (QED) is 0.280. The van der Waals surface area contributed by atoms with Crippen molar-refractivity contribution in [3.8, 4) is 0 Å². The number of fused-ring (bicyclic) bond motifs is 1. The van der Waals surface area contributed by atoms with Crippen molar-refractivity contribution in [3.05, 3.63) is 100.0 Å². The highest BCUT2D eigenvalue weighted by Crippen LogP contribution is 2.43. The molecule has 2 aliphatic rings. The number of carbonyl (C=O) groups is 3. The molecule has 7 heteroatoms. The molecule has 6 nitrogen and oxygen atoms in total. The minimum atomic E-state index is -0.180. The molecule has 1 fully saturated rings. The third-order valence-electron chi connectivity index (χ3n) is 7.10. The number of aryl methyl sites for hydroxylation is 1. The number of hydrogen-bond acceptors (Lipinski definition) is 5. The summed E-state index contributed by atoms with van der Waals surface area (Å²) in [6.07, 6.45) is 3.11. The number of esters is 1. The molecular formula is C32H32N2O4S. The van der Waals surface area contributed by atoms with Gasteiger partial charge in [0.05, 0.1) is 29.7 Å². The number of anilines is 1. The summed E-state index contributed by atoms with van der Waals surface area (Å²) in [4.78, 5) is 44.5. The van der Waals surface area contributed by atoms with Gasteiger partial charge < -0.3 is 14.5 Å². The molecule has 39 heavy (non-hydrogen) atoms. The van der Waals surface area contributed by atoms with Crippen LogP contribution in [0.5, 0.6) is 0 Å². The molecule has 2 amide bonds. The lowest BCUT2D eigenvalue weighted by Crippen LogP contribution is -2.41. The molecular weight excluding hydrogens is 508 g/mol. The number of amides is 2. The Morgan fingerprint density at radius 1 is 1.00 bits per heavy atom.